The zero-order chi connectivity index (χ0) is 21.2. The van der Waals surface area contributed by atoms with E-state index in [1.165, 1.54) is 6.92 Å². The maximum absolute atomic E-state index is 13.6. The molecule has 0 spiro atoms. The molecule has 1 amide bonds. The van der Waals surface area contributed by atoms with Crippen LogP contribution < -0.4 is 14.8 Å². The number of carbonyl (C=O) groups excluding carboxylic acids is 2. The summed E-state index contributed by atoms with van der Waals surface area (Å²) in [5.74, 6) is -2.11. The van der Waals surface area contributed by atoms with E-state index in [1.54, 1.807) is 12.1 Å². The van der Waals surface area contributed by atoms with Gasteiger partial charge in [-0.1, -0.05) is 12.1 Å². The van der Waals surface area contributed by atoms with Gasteiger partial charge in [0.05, 0.1) is 5.69 Å². The highest BCUT2D eigenvalue weighted by Crippen LogP contribution is 2.41. The standard InChI is InChI=1S/C21H21F2NO5/c1-12(20(26)24-16-9-14(22)7-8-15(16)23)28-18(25)11-27-17-6-4-5-13-10-21(2,3)29-19(13)17/h4-9,12H,10-11H2,1-3H3,(H,24,26). The second-order valence-corrected chi connectivity index (χ2v) is 7.32. The number of rotatable bonds is 6. The third kappa shape index (κ3) is 5.01. The number of hydrogen-bond donors (Lipinski definition) is 1. The van der Waals surface area contributed by atoms with Crippen molar-refractivity contribution in [3.05, 3.63) is 53.6 Å². The maximum atomic E-state index is 13.6. The smallest absolute Gasteiger partial charge is 0.344 e. The number of halogens is 2. The molecule has 0 saturated carbocycles. The summed E-state index contributed by atoms with van der Waals surface area (Å²) >= 11 is 0. The van der Waals surface area contributed by atoms with Gasteiger partial charge >= 0.3 is 5.97 Å². The van der Waals surface area contributed by atoms with Gasteiger partial charge < -0.3 is 19.5 Å². The first kappa shape index (κ1) is 20.6. The van der Waals surface area contributed by atoms with Crippen LogP contribution in [0.4, 0.5) is 14.5 Å². The molecule has 0 radical (unpaired) electrons. The highest BCUT2D eigenvalue weighted by molar-refractivity contribution is 5.95. The summed E-state index contributed by atoms with van der Waals surface area (Å²) in [7, 11) is 0. The van der Waals surface area contributed by atoms with Crippen LogP contribution in [0.1, 0.15) is 26.3 Å². The number of amides is 1. The van der Waals surface area contributed by atoms with Gasteiger partial charge in [0.2, 0.25) is 0 Å². The molecule has 1 aliphatic heterocycles. The topological polar surface area (TPSA) is 73.9 Å². The number of benzene rings is 2. The molecule has 29 heavy (non-hydrogen) atoms. The Bertz CT molecular complexity index is 945. The van der Waals surface area contributed by atoms with E-state index in [0.717, 1.165) is 30.2 Å². The molecule has 0 aromatic heterocycles. The fourth-order valence-corrected chi connectivity index (χ4v) is 2.95. The monoisotopic (exact) mass is 405 g/mol. The lowest BCUT2D eigenvalue weighted by Crippen LogP contribution is -2.32. The first-order valence-corrected chi connectivity index (χ1v) is 9.04. The second kappa shape index (κ2) is 8.06. The molecular formula is C21H21F2NO5. The minimum Gasteiger partial charge on any atom is -0.483 e. The van der Waals surface area contributed by atoms with Crippen molar-refractivity contribution in [3.8, 4) is 11.5 Å². The van der Waals surface area contributed by atoms with Crippen molar-refractivity contribution in [2.24, 2.45) is 0 Å². The number of para-hydroxylation sites is 1. The average Bonchev–Trinajstić information content (AvgIpc) is 2.97. The van der Waals surface area contributed by atoms with E-state index in [4.69, 9.17) is 14.2 Å². The Kier molecular flexibility index (Phi) is 5.72. The SMILES string of the molecule is CC(OC(=O)COc1cccc2c1OC(C)(C)C2)C(=O)Nc1cc(F)ccc1F. The van der Waals surface area contributed by atoms with Crippen LogP contribution in [0.2, 0.25) is 0 Å². The predicted molar refractivity (Wildman–Crippen MR) is 101 cm³/mol. The Labute approximate surface area is 166 Å². The average molecular weight is 405 g/mol. The molecule has 8 heteroatoms. The van der Waals surface area contributed by atoms with Gasteiger partial charge in [-0.25, -0.2) is 13.6 Å². The molecule has 1 atom stereocenters. The molecule has 1 N–H and O–H groups in total. The van der Waals surface area contributed by atoms with Gasteiger partial charge in [0, 0.05) is 18.1 Å². The first-order valence-electron chi connectivity index (χ1n) is 9.04. The van der Waals surface area contributed by atoms with E-state index in [0.29, 0.717) is 11.5 Å². The van der Waals surface area contributed by atoms with Gasteiger partial charge in [0.25, 0.3) is 5.91 Å². The molecule has 2 aromatic rings. The molecule has 0 fully saturated rings. The number of hydrogen-bond acceptors (Lipinski definition) is 5. The van der Waals surface area contributed by atoms with Gasteiger partial charge in [-0.3, -0.25) is 4.79 Å². The van der Waals surface area contributed by atoms with E-state index in [-0.39, 0.29) is 11.3 Å². The van der Waals surface area contributed by atoms with Crippen molar-refractivity contribution < 1.29 is 32.6 Å². The van der Waals surface area contributed by atoms with Crippen molar-refractivity contribution in [2.45, 2.75) is 38.9 Å². The summed E-state index contributed by atoms with van der Waals surface area (Å²) < 4.78 is 43.1. The molecule has 154 valence electrons. The van der Waals surface area contributed by atoms with Crippen LogP contribution in [0.15, 0.2) is 36.4 Å². The summed E-state index contributed by atoms with van der Waals surface area (Å²) in [4.78, 5) is 24.1. The minimum absolute atomic E-state index is 0.339. The van der Waals surface area contributed by atoms with Crippen LogP contribution in [0.25, 0.3) is 0 Å². The fourth-order valence-electron chi connectivity index (χ4n) is 2.95. The normalized spacial score (nSPS) is 15.1. The van der Waals surface area contributed by atoms with E-state index in [2.05, 4.69) is 5.32 Å². The number of ether oxygens (including phenoxy) is 3. The molecule has 1 unspecified atom stereocenters. The van der Waals surface area contributed by atoms with Crippen LogP contribution in [-0.2, 0) is 20.7 Å². The number of carbonyl (C=O) groups is 2. The van der Waals surface area contributed by atoms with Crippen LogP contribution in [0, 0.1) is 11.6 Å². The van der Waals surface area contributed by atoms with Crippen molar-refractivity contribution in [1.82, 2.24) is 0 Å². The molecule has 2 aromatic carbocycles. The summed E-state index contributed by atoms with van der Waals surface area (Å²) in [6.45, 7) is 4.78. The fraction of sp³-hybridized carbons (Fsp3) is 0.333. The minimum atomic E-state index is -1.23. The lowest BCUT2D eigenvalue weighted by molar-refractivity contribution is -0.155. The molecule has 1 aliphatic rings. The molecule has 6 nitrogen and oxygen atoms in total. The van der Waals surface area contributed by atoms with E-state index >= 15 is 0 Å². The maximum Gasteiger partial charge on any atom is 0.344 e. The molecule has 0 aliphatic carbocycles. The van der Waals surface area contributed by atoms with Crippen LogP contribution >= 0.6 is 0 Å². The highest BCUT2D eigenvalue weighted by atomic mass is 19.1. The van der Waals surface area contributed by atoms with Gasteiger partial charge in [0.1, 0.15) is 17.2 Å². The molecule has 1 heterocycles. The van der Waals surface area contributed by atoms with E-state index in [9.17, 15) is 18.4 Å². The third-order valence-corrected chi connectivity index (χ3v) is 4.26. The Hall–Kier alpha value is -3.16. The number of esters is 1. The third-order valence-electron chi connectivity index (χ3n) is 4.26. The van der Waals surface area contributed by atoms with Crippen molar-refractivity contribution >= 4 is 17.6 Å². The first-order chi connectivity index (χ1) is 13.6. The van der Waals surface area contributed by atoms with E-state index < -0.39 is 36.2 Å². The van der Waals surface area contributed by atoms with Gasteiger partial charge in [0.15, 0.2) is 24.2 Å². The van der Waals surface area contributed by atoms with E-state index in [1.807, 2.05) is 19.9 Å². The summed E-state index contributed by atoms with van der Waals surface area (Å²) in [5.41, 5.74) is 0.278. The van der Waals surface area contributed by atoms with Gasteiger partial charge in [-0.2, -0.15) is 0 Å². The van der Waals surface area contributed by atoms with Crippen molar-refractivity contribution in [3.63, 3.8) is 0 Å². The lowest BCUT2D eigenvalue weighted by Gasteiger charge is -2.18. The Morgan fingerprint density at radius 2 is 2.00 bits per heavy atom. The Morgan fingerprint density at radius 1 is 1.24 bits per heavy atom. The van der Waals surface area contributed by atoms with Crippen LogP contribution in [0.3, 0.4) is 0 Å². The predicted octanol–water partition coefficient (Wildman–Crippen LogP) is 3.63. The van der Waals surface area contributed by atoms with Gasteiger partial charge in [-0.05, 0) is 39.0 Å². The quantitative estimate of drug-likeness (QED) is 0.743. The number of nitrogens with one attached hydrogen (secondary N) is 1. The summed E-state index contributed by atoms with van der Waals surface area (Å²) in [6.07, 6.45) is -0.511. The van der Waals surface area contributed by atoms with Crippen molar-refractivity contribution in [2.75, 3.05) is 11.9 Å². The summed E-state index contributed by atoms with van der Waals surface area (Å²) in [6, 6.07) is 8.05. The molecule has 3 rings (SSSR count). The zero-order valence-corrected chi connectivity index (χ0v) is 16.3. The van der Waals surface area contributed by atoms with Gasteiger partial charge in [-0.15, -0.1) is 0 Å². The number of fused-ring (bicyclic) bond motifs is 1. The highest BCUT2D eigenvalue weighted by Gasteiger charge is 2.32. The molecular weight excluding hydrogens is 384 g/mol. The molecule has 0 saturated heterocycles. The zero-order valence-electron chi connectivity index (χ0n) is 16.3. The largest absolute Gasteiger partial charge is 0.483 e. The van der Waals surface area contributed by atoms with Crippen LogP contribution in [0.5, 0.6) is 11.5 Å². The summed E-state index contributed by atoms with van der Waals surface area (Å²) in [5, 5.41) is 2.18. The van der Waals surface area contributed by atoms with Crippen LogP contribution in [-0.4, -0.2) is 30.2 Å². The number of anilines is 1. The lowest BCUT2D eigenvalue weighted by atomic mass is 10.0. The Morgan fingerprint density at radius 3 is 2.76 bits per heavy atom. The Balaban J connectivity index is 1.54. The van der Waals surface area contributed by atoms with Crippen molar-refractivity contribution in [1.29, 1.82) is 0 Å². The molecule has 0 bridgehead atoms. The second-order valence-electron chi connectivity index (χ2n) is 7.32.